The van der Waals surface area contributed by atoms with Crippen LogP contribution in [0.5, 0.6) is 0 Å². The molecule has 1 aliphatic carbocycles. The first kappa shape index (κ1) is 7.98. The molecule has 0 saturated heterocycles. The Balaban J connectivity index is 2.13. The summed E-state index contributed by atoms with van der Waals surface area (Å²) >= 11 is 0. The number of rotatable bonds is 2. The highest BCUT2D eigenvalue weighted by Crippen LogP contribution is 2.23. The Morgan fingerprint density at radius 3 is 2.20 bits per heavy atom. The van der Waals surface area contributed by atoms with E-state index in [1.54, 1.807) is 0 Å². The zero-order valence-electron chi connectivity index (χ0n) is 6.16. The van der Waals surface area contributed by atoms with Gasteiger partial charge >= 0.3 is 0 Å². The maximum absolute atomic E-state index is 8.49. The molecule has 1 rings (SSSR count). The Morgan fingerprint density at radius 1 is 1.10 bits per heavy atom. The van der Waals surface area contributed by atoms with Crippen molar-refractivity contribution >= 4 is 0 Å². The van der Waals surface area contributed by atoms with Crippen molar-refractivity contribution in [3.05, 3.63) is 0 Å². The Kier molecular flexibility index (Phi) is 3.12. The molecule has 2 N–H and O–H groups in total. The molecule has 0 aliphatic heterocycles. The zero-order valence-corrected chi connectivity index (χ0v) is 6.16. The molecule has 1 fully saturated rings. The van der Waals surface area contributed by atoms with E-state index >= 15 is 0 Å². The second-order valence-electron chi connectivity index (χ2n) is 3.06. The van der Waals surface area contributed by atoms with Crippen LogP contribution in [0.2, 0.25) is 0 Å². The van der Waals surface area contributed by atoms with Gasteiger partial charge in [-0.2, -0.15) is 0 Å². The summed E-state index contributed by atoms with van der Waals surface area (Å²) < 4.78 is 0. The van der Waals surface area contributed by atoms with Crippen LogP contribution in [-0.4, -0.2) is 22.2 Å². The fraction of sp³-hybridized carbons (Fsp3) is 1.00. The first-order valence-electron chi connectivity index (χ1n) is 3.94. The molecule has 0 heterocycles. The summed E-state index contributed by atoms with van der Waals surface area (Å²) in [5, 5.41) is 17.3. The third-order valence-electron chi connectivity index (χ3n) is 2.15. The van der Waals surface area contributed by atoms with Gasteiger partial charge in [0.05, 0.1) is 6.54 Å². The molecule has 0 aromatic rings. The third-order valence-corrected chi connectivity index (χ3v) is 2.15. The van der Waals surface area contributed by atoms with E-state index in [1.807, 2.05) is 0 Å². The Labute approximate surface area is 61.2 Å². The highest BCUT2D eigenvalue weighted by atomic mass is 16.8. The highest BCUT2D eigenvalue weighted by molar-refractivity contribution is 4.65. The van der Waals surface area contributed by atoms with Crippen LogP contribution in [0.25, 0.3) is 0 Å². The van der Waals surface area contributed by atoms with Crippen molar-refractivity contribution in [3.8, 4) is 0 Å². The van der Waals surface area contributed by atoms with Gasteiger partial charge in [0.1, 0.15) is 0 Å². The number of hydrogen-bond acceptors (Lipinski definition) is 3. The van der Waals surface area contributed by atoms with E-state index in [0.29, 0.717) is 17.7 Å². The molecule has 0 atom stereocenters. The van der Waals surface area contributed by atoms with Crippen molar-refractivity contribution in [2.24, 2.45) is 5.92 Å². The van der Waals surface area contributed by atoms with Gasteiger partial charge in [0.25, 0.3) is 0 Å². The predicted octanol–water partition coefficient (Wildman–Crippen LogP) is 1.65. The minimum atomic E-state index is 0.315. The van der Waals surface area contributed by atoms with E-state index in [0.717, 1.165) is 12.8 Å². The van der Waals surface area contributed by atoms with Crippen molar-refractivity contribution in [1.29, 1.82) is 0 Å². The lowest BCUT2D eigenvalue weighted by Crippen LogP contribution is -2.24. The van der Waals surface area contributed by atoms with E-state index in [4.69, 9.17) is 10.4 Å². The molecule has 10 heavy (non-hydrogen) atoms. The molecular formula is C7H15NO2. The smallest absolute Gasteiger partial charge is 0.0541 e. The van der Waals surface area contributed by atoms with Crippen LogP contribution in [0.15, 0.2) is 0 Å². The van der Waals surface area contributed by atoms with Gasteiger partial charge in [-0.3, -0.25) is 10.4 Å². The standard InChI is InChI=1S/C7H15NO2/c9-8(10)6-7-4-2-1-3-5-7/h7,9-10H,1-6H2. The Bertz CT molecular complexity index is 89.6. The van der Waals surface area contributed by atoms with Crippen LogP contribution in [0.1, 0.15) is 32.1 Å². The summed E-state index contributed by atoms with van der Waals surface area (Å²) in [4.78, 5) is 0. The monoisotopic (exact) mass is 145 g/mol. The maximum atomic E-state index is 8.49. The molecule has 0 bridgehead atoms. The van der Waals surface area contributed by atoms with Gasteiger partial charge in [-0.25, -0.2) is 0 Å². The van der Waals surface area contributed by atoms with Crippen molar-refractivity contribution in [3.63, 3.8) is 0 Å². The normalized spacial score (nSPS) is 21.9. The highest BCUT2D eigenvalue weighted by Gasteiger charge is 2.14. The lowest BCUT2D eigenvalue weighted by atomic mass is 9.89. The van der Waals surface area contributed by atoms with Gasteiger partial charge in [-0.1, -0.05) is 24.5 Å². The van der Waals surface area contributed by atoms with Crippen LogP contribution in [0, 0.1) is 5.92 Å². The zero-order chi connectivity index (χ0) is 7.40. The minimum absolute atomic E-state index is 0.315. The average Bonchev–Trinajstić information content (AvgIpc) is 1.88. The maximum Gasteiger partial charge on any atom is 0.0541 e. The van der Waals surface area contributed by atoms with E-state index in [1.165, 1.54) is 19.3 Å². The van der Waals surface area contributed by atoms with Crippen molar-refractivity contribution < 1.29 is 10.4 Å². The number of nitrogens with zero attached hydrogens (tertiary/aromatic N) is 1. The molecule has 0 amide bonds. The molecule has 60 valence electrons. The Hall–Kier alpha value is -0.120. The summed E-state index contributed by atoms with van der Waals surface area (Å²) in [7, 11) is 0. The van der Waals surface area contributed by atoms with Gasteiger partial charge in [0.15, 0.2) is 0 Å². The van der Waals surface area contributed by atoms with Gasteiger partial charge in [0, 0.05) is 0 Å². The van der Waals surface area contributed by atoms with E-state index in [9.17, 15) is 0 Å². The largest absolute Gasteiger partial charge is 0.290 e. The molecular weight excluding hydrogens is 130 g/mol. The molecule has 1 saturated carbocycles. The molecule has 0 aromatic heterocycles. The van der Waals surface area contributed by atoms with E-state index in [2.05, 4.69) is 0 Å². The van der Waals surface area contributed by atoms with Crippen molar-refractivity contribution in [2.45, 2.75) is 32.1 Å². The van der Waals surface area contributed by atoms with Gasteiger partial charge in [-0.15, -0.1) is 0 Å². The first-order chi connectivity index (χ1) is 4.79. The summed E-state index contributed by atoms with van der Waals surface area (Å²) in [6, 6.07) is 0. The van der Waals surface area contributed by atoms with E-state index in [-0.39, 0.29) is 0 Å². The SMILES string of the molecule is ON(O)CC1CCCCC1. The molecule has 3 nitrogen and oxygen atoms in total. The summed E-state index contributed by atoms with van der Waals surface area (Å²) in [5.41, 5.74) is 0. The van der Waals surface area contributed by atoms with Gasteiger partial charge < -0.3 is 0 Å². The Morgan fingerprint density at radius 2 is 1.70 bits per heavy atom. The molecule has 0 spiro atoms. The van der Waals surface area contributed by atoms with E-state index < -0.39 is 0 Å². The lowest BCUT2D eigenvalue weighted by Gasteiger charge is -2.22. The fourth-order valence-corrected chi connectivity index (χ4v) is 1.60. The topological polar surface area (TPSA) is 43.7 Å². The molecule has 1 aliphatic rings. The van der Waals surface area contributed by atoms with Crippen molar-refractivity contribution in [2.75, 3.05) is 6.54 Å². The number of hydroxylamine groups is 2. The molecule has 0 unspecified atom stereocenters. The second kappa shape index (κ2) is 3.91. The van der Waals surface area contributed by atoms with Crippen LogP contribution < -0.4 is 0 Å². The molecule has 3 heteroatoms. The summed E-state index contributed by atoms with van der Waals surface area (Å²) in [6.07, 6.45) is 6.11. The van der Waals surface area contributed by atoms with Gasteiger partial charge in [0.2, 0.25) is 0 Å². The molecule has 0 aromatic carbocycles. The van der Waals surface area contributed by atoms with Gasteiger partial charge in [-0.05, 0) is 18.8 Å². The summed E-state index contributed by atoms with van der Waals surface area (Å²) in [5.74, 6) is 0.503. The van der Waals surface area contributed by atoms with Crippen molar-refractivity contribution in [1.82, 2.24) is 5.23 Å². The summed E-state index contributed by atoms with van der Waals surface area (Å²) in [6.45, 7) is 0.417. The average molecular weight is 145 g/mol. The van der Waals surface area contributed by atoms with Crippen LogP contribution in [-0.2, 0) is 0 Å². The van der Waals surface area contributed by atoms with Crippen LogP contribution in [0.4, 0.5) is 0 Å². The quantitative estimate of drug-likeness (QED) is 0.580. The lowest BCUT2D eigenvalue weighted by molar-refractivity contribution is -0.312. The minimum Gasteiger partial charge on any atom is -0.290 e. The van der Waals surface area contributed by atoms with Crippen LogP contribution in [0.3, 0.4) is 0 Å². The number of hydrogen-bond donors (Lipinski definition) is 2. The first-order valence-corrected chi connectivity index (χ1v) is 3.94. The van der Waals surface area contributed by atoms with Crippen LogP contribution >= 0.6 is 0 Å². The second-order valence-corrected chi connectivity index (χ2v) is 3.06. The predicted molar refractivity (Wildman–Crippen MR) is 36.9 cm³/mol. The molecule has 0 radical (unpaired) electrons. The third kappa shape index (κ3) is 2.64. The fourth-order valence-electron chi connectivity index (χ4n) is 1.60.